The van der Waals surface area contributed by atoms with Crippen molar-refractivity contribution >= 4 is 40.2 Å². The summed E-state index contributed by atoms with van der Waals surface area (Å²) in [6.45, 7) is 8.76. The minimum Gasteiger partial charge on any atom is -0.489 e. The van der Waals surface area contributed by atoms with E-state index in [1.54, 1.807) is 47.6 Å². The molecule has 15 heteroatoms. The van der Waals surface area contributed by atoms with Crippen LogP contribution in [-0.4, -0.2) is 43.9 Å². The van der Waals surface area contributed by atoms with Crippen LogP contribution in [0.25, 0.3) is 10.9 Å². The highest BCUT2D eigenvalue weighted by molar-refractivity contribution is 6.30. The van der Waals surface area contributed by atoms with Gasteiger partial charge in [0.25, 0.3) is 5.56 Å². The molecule has 0 aliphatic rings. The molecule has 0 unspecified atom stereocenters. The predicted octanol–water partition coefficient (Wildman–Crippen LogP) is 7.51. The molecule has 0 aliphatic carbocycles. The van der Waals surface area contributed by atoms with E-state index in [4.69, 9.17) is 25.8 Å². The van der Waals surface area contributed by atoms with Gasteiger partial charge in [-0.2, -0.15) is 13.2 Å². The summed E-state index contributed by atoms with van der Waals surface area (Å²) in [4.78, 5) is 55.1. The summed E-state index contributed by atoms with van der Waals surface area (Å²) in [7, 11) is 0. The Morgan fingerprint density at radius 3 is 2.04 bits per heavy atom. The van der Waals surface area contributed by atoms with Gasteiger partial charge >= 0.3 is 18.1 Å². The molecule has 0 aliphatic heterocycles. The summed E-state index contributed by atoms with van der Waals surface area (Å²) >= 11 is 5.83. The Hall–Kier alpha value is -4.85. The fraction of sp³-hybridized carbons (Fsp3) is 0.389. The Balaban J connectivity index is 1.68. The topological polar surface area (TPSA) is 127 Å². The van der Waals surface area contributed by atoms with Gasteiger partial charge in [0.05, 0.1) is 16.0 Å². The van der Waals surface area contributed by atoms with Gasteiger partial charge in [-0.1, -0.05) is 28.9 Å². The maximum atomic E-state index is 14.3. The second-order valence-electron chi connectivity index (χ2n) is 13.8. The van der Waals surface area contributed by atoms with Gasteiger partial charge in [0, 0.05) is 24.1 Å². The normalized spacial score (nSPS) is 12.5. The first-order valence-corrected chi connectivity index (χ1v) is 16.1. The van der Waals surface area contributed by atoms with Crippen molar-refractivity contribution in [2.24, 2.45) is 5.41 Å². The van der Waals surface area contributed by atoms with Crippen molar-refractivity contribution in [1.29, 1.82) is 0 Å². The molecule has 51 heavy (non-hydrogen) atoms. The van der Waals surface area contributed by atoms with E-state index in [0.717, 1.165) is 16.8 Å². The fourth-order valence-electron chi connectivity index (χ4n) is 4.90. The lowest BCUT2D eigenvalue weighted by molar-refractivity contribution is -0.186. The van der Waals surface area contributed by atoms with Crippen molar-refractivity contribution in [3.63, 3.8) is 0 Å². The number of nitrogens with zero attached hydrogens (tertiary/aromatic N) is 3. The number of hydrogen-bond acceptors (Lipinski definition) is 9. The molecule has 4 rings (SSSR count). The molecule has 0 fully saturated rings. The van der Waals surface area contributed by atoms with Crippen molar-refractivity contribution in [3.05, 3.63) is 98.5 Å². The van der Waals surface area contributed by atoms with E-state index in [1.165, 1.54) is 36.4 Å². The van der Waals surface area contributed by atoms with E-state index in [0.29, 0.717) is 6.07 Å². The molecular formula is C36H36ClF4N3O7. The van der Waals surface area contributed by atoms with Crippen LogP contribution in [0.15, 0.2) is 65.5 Å². The van der Waals surface area contributed by atoms with E-state index in [2.05, 4.69) is 10.3 Å². The molecule has 0 radical (unpaired) electrons. The number of rotatable bonds is 11. The lowest BCUT2D eigenvalue weighted by Gasteiger charge is -2.34. The van der Waals surface area contributed by atoms with E-state index in [-0.39, 0.29) is 39.4 Å². The first-order valence-electron chi connectivity index (χ1n) is 15.7. The predicted molar refractivity (Wildman–Crippen MR) is 179 cm³/mol. The number of ketones is 1. The van der Waals surface area contributed by atoms with Gasteiger partial charge in [-0.25, -0.2) is 9.07 Å². The number of carbonyl (C=O) groups excluding carboxylic acids is 3. The van der Waals surface area contributed by atoms with E-state index in [9.17, 15) is 36.7 Å². The zero-order chi connectivity index (χ0) is 37.9. The molecule has 3 aromatic carbocycles. The van der Waals surface area contributed by atoms with Crippen LogP contribution in [-0.2, 0) is 38.4 Å². The monoisotopic (exact) mass is 733 g/mol. The van der Waals surface area contributed by atoms with Crippen molar-refractivity contribution in [1.82, 2.24) is 15.0 Å². The van der Waals surface area contributed by atoms with Gasteiger partial charge in [-0.3, -0.25) is 19.2 Å². The average Bonchev–Trinajstić information content (AvgIpc) is 3.02. The molecule has 0 N–H and O–H groups in total. The molecule has 272 valence electrons. The molecule has 10 nitrogen and oxygen atoms in total. The number of hydrogen-bond donors (Lipinski definition) is 0. The number of carbonyl (C=O) groups is 3. The minimum atomic E-state index is -4.68. The number of esters is 2. The maximum Gasteiger partial charge on any atom is 0.416 e. The van der Waals surface area contributed by atoms with Crippen LogP contribution in [0, 0.1) is 11.2 Å². The Morgan fingerprint density at radius 1 is 0.863 bits per heavy atom. The summed E-state index contributed by atoms with van der Waals surface area (Å²) in [5, 5.41) is 7.26. The van der Waals surface area contributed by atoms with Gasteiger partial charge < -0.3 is 14.2 Å². The Bertz CT molecular complexity index is 1970. The third kappa shape index (κ3) is 9.69. The Morgan fingerprint density at radius 2 is 1.47 bits per heavy atom. The van der Waals surface area contributed by atoms with Gasteiger partial charge in [0.1, 0.15) is 34.9 Å². The van der Waals surface area contributed by atoms with E-state index < -0.39 is 76.8 Å². The quantitative estimate of drug-likeness (QED) is 0.0666. The van der Waals surface area contributed by atoms with Crippen LogP contribution < -0.4 is 10.3 Å². The number of aryl methyl sites for hydroxylation is 1. The number of fused-ring (bicyclic) bond motifs is 1. The number of halogens is 5. The molecule has 0 spiro atoms. The molecular weight excluding hydrogens is 698 g/mol. The van der Waals surface area contributed by atoms with Gasteiger partial charge in [0.15, 0.2) is 11.2 Å². The van der Waals surface area contributed by atoms with Crippen LogP contribution in [0.3, 0.4) is 0 Å². The number of Topliss-reactive ketones (excluding diaryl/α,β-unsaturated/α-hetero) is 1. The fourth-order valence-corrected chi connectivity index (χ4v) is 5.10. The Labute approximate surface area is 295 Å². The summed E-state index contributed by atoms with van der Waals surface area (Å²) in [6, 6.07) is 12.6. The first-order chi connectivity index (χ1) is 23.6. The SMILES string of the molecule is CC(C)(C)OC(=O)C(CCn1nnc2cc(C(F)(F)F)ccc2c1=O)(CC(=O)c1ccc(OCc2cccc(Cl)c2F)cc1)C(=O)OC(C)(C)C. The first kappa shape index (κ1) is 38.9. The van der Waals surface area contributed by atoms with Crippen LogP contribution in [0.5, 0.6) is 5.75 Å². The van der Waals surface area contributed by atoms with E-state index >= 15 is 0 Å². The van der Waals surface area contributed by atoms with Crippen LogP contribution >= 0.6 is 11.6 Å². The summed E-state index contributed by atoms with van der Waals surface area (Å²) in [6.07, 6.45) is -5.97. The van der Waals surface area contributed by atoms with E-state index in [1.807, 2.05) is 0 Å². The molecule has 1 aromatic heterocycles. The van der Waals surface area contributed by atoms with Crippen molar-refractivity contribution in [2.45, 2.75) is 84.9 Å². The number of aromatic nitrogens is 3. The smallest absolute Gasteiger partial charge is 0.416 e. The molecule has 1 heterocycles. The lowest BCUT2D eigenvalue weighted by Crippen LogP contribution is -2.49. The van der Waals surface area contributed by atoms with Crippen LogP contribution in [0.4, 0.5) is 17.6 Å². The Kier molecular flexibility index (Phi) is 11.3. The molecule has 0 saturated carbocycles. The molecule has 4 aromatic rings. The van der Waals surface area contributed by atoms with Crippen LogP contribution in [0.1, 0.15) is 75.9 Å². The highest BCUT2D eigenvalue weighted by Gasteiger charge is 2.52. The van der Waals surface area contributed by atoms with Crippen molar-refractivity contribution < 1.29 is 46.2 Å². The summed E-state index contributed by atoms with van der Waals surface area (Å²) in [5.41, 5.74) is -6.43. The zero-order valence-electron chi connectivity index (χ0n) is 28.7. The highest BCUT2D eigenvalue weighted by Crippen LogP contribution is 2.36. The zero-order valence-corrected chi connectivity index (χ0v) is 29.4. The molecule has 0 saturated heterocycles. The van der Waals surface area contributed by atoms with Crippen molar-refractivity contribution in [2.75, 3.05) is 0 Å². The van der Waals surface area contributed by atoms with Gasteiger partial charge in [-0.05, 0) is 96.5 Å². The lowest BCUT2D eigenvalue weighted by atomic mass is 9.78. The van der Waals surface area contributed by atoms with Gasteiger partial charge in [-0.15, -0.1) is 5.10 Å². The second kappa shape index (κ2) is 14.8. The third-order valence-electron chi connectivity index (χ3n) is 7.44. The molecule has 0 amide bonds. The van der Waals surface area contributed by atoms with Crippen LogP contribution in [0.2, 0.25) is 5.02 Å². The number of benzene rings is 3. The summed E-state index contributed by atoms with van der Waals surface area (Å²) in [5.74, 6) is -3.21. The standard InChI is InChI=1S/C36H36ClF4N3O7/c1-33(2,3)50-31(47)35(32(48)51-34(4,5)6,16-17-44-30(46)25-15-12-23(36(39,40)41)18-27(25)42-43-44)19-28(45)21-10-13-24(14-11-21)49-20-22-8-7-9-26(37)29(22)38/h7-15,18H,16-17,19-20H2,1-6H3. The average molecular weight is 734 g/mol. The molecule has 0 atom stereocenters. The number of ether oxygens (including phenoxy) is 3. The minimum absolute atomic E-state index is 0.0624. The van der Waals surface area contributed by atoms with Gasteiger partial charge in [0.2, 0.25) is 0 Å². The number of alkyl halides is 3. The van der Waals surface area contributed by atoms with Crippen molar-refractivity contribution in [3.8, 4) is 5.75 Å². The molecule has 0 bridgehead atoms. The summed E-state index contributed by atoms with van der Waals surface area (Å²) < 4.78 is 71.7. The highest BCUT2D eigenvalue weighted by atomic mass is 35.5. The largest absolute Gasteiger partial charge is 0.489 e. The third-order valence-corrected chi connectivity index (χ3v) is 7.74. The second-order valence-corrected chi connectivity index (χ2v) is 14.2. The maximum absolute atomic E-state index is 14.3.